The molecule has 2 aromatic rings. The van der Waals surface area contributed by atoms with E-state index in [0.29, 0.717) is 11.5 Å². The highest BCUT2D eigenvalue weighted by Crippen LogP contribution is 2.30. The minimum Gasteiger partial charge on any atom is -0.490 e. The Hall–Kier alpha value is -1.59. The van der Waals surface area contributed by atoms with Gasteiger partial charge in [0, 0.05) is 4.70 Å². The Morgan fingerprint density at radius 3 is 2.90 bits per heavy atom. The molecule has 0 amide bonds. The highest BCUT2D eigenvalue weighted by molar-refractivity contribution is 7.20. The summed E-state index contributed by atoms with van der Waals surface area (Å²) in [5.41, 5.74) is 0. The molecule has 0 spiro atoms. The van der Waals surface area contributed by atoms with E-state index >= 15 is 0 Å². The summed E-state index contributed by atoms with van der Waals surface area (Å²) in [6.07, 6.45) is 2.36. The van der Waals surface area contributed by atoms with Crippen LogP contribution in [0.3, 0.4) is 0 Å². The number of carbonyl (C=O) groups excluding carboxylic acids is 1. The molecule has 0 bridgehead atoms. The zero-order chi connectivity index (χ0) is 14.7. The summed E-state index contributed by atoms with van der Waals surface area (Å²) in [5.74, 6) is 0.631. The van der Waals surface area contributed by atoms with Crippen molar-refractivity contribution in [1.29, 1.82) is 0 Å². The average molecular weight is 305 g/mol. The quantitative estimate of drug-likeness (QED) is 0.881. The number of rotatable bonds is 4. The first-order valence-corrected chi connectivity index (χ1v) is 8.16. The van der Waals surface area contributed by atoms with Gasteiger partial charge in [0.15, 0.2) is 0 Å². The van der Waals surface area contributed by atoms with Gasteiger partial charge in [-0.2, -0.15) is 0 Å². The van der Waals surface area contributed by atoms with E-state index in [4.69, 9.17) is 9.47 Å². The predicted molar refractivity (Wildman–Crippen MR) is 84.3 cm³/mol. The van der Waals surface area contributed by atoms with E-state index in [-0.39, 0.29) is 12.1 Å². The van der Waals surface area contributed by atoms with Crippen molar-refractivity contribution in [2.45, 2.75) is 25.9 Å². The molecule has 3 rings (SSSR count). The zero-order valence-corrected chi connectivity index (χ0v) is 12.9. The Morgan fingerprint density at radius 2 is 2.14 bits per heavy atom. The SMILES string of the molecule is CCOC(=O)c1cc2ccc(OC3CCNCC3)cc2s1. The monoisotopic (exact) mass is 305 g/mol. The van der Waals surface area contributed by atoms with Crippen molar-refractivity contribution in [1.82, 2.24) is 5.32 Å². The molecule has 1 aliphatic rings. The van der Waals surface area contributed by atoms with Crippen LogP contribution < -0.4 is 10.1 Å². The standard InChI is InChI=1S/C16H19NO3S/c1-2-19-16(18)15-9-11-3-4-13(10-14(11)21-15)20-12-5-7-17-8-6-12/h3-4,9-10,12,17H,2,5-8H2,1H3. The van der Waals surface area contributed by atoms with Gasteiger partial charge in [-0.15, -0.1) is 11.3 Å². The normalized spacial score (nSPS) is 16.0. The highest BCUT2D eigenvalue weighted by atomic mass is 32.1. The second-order valence-electron chi connectivity index (χ2n) is 5.10. The largest absolute Gasteiger partial charge is 0.490 e. The second kappa shape index (κ2) is 6.45. The number of esters is 1. The van der Waals surface area contributed by atoms with Crippen molar-refractivity contribution in [2.75, 3.05) is 19.7 Å². The summed E-state index contributed by atoms with van der Waals surface area (Å²) in [7, 11) is 0. The van der Waals surface area contributed by atoms with Crippen LogP contribution in [0.15, 0.2) is 24.3 Å². The van der Waals surface area contributed by atoms with Crippen molar-refractivity contribution in [3.8, 4) is 5.75 Å². The topological polar surface area (TPSA) is 47.6 Å². The molecule has 4 nitrogen and oxygen atoms in total. The molecule has 0 atom stereocenters. The summed E-state index contributed by atoms with van der Waals surface area (Å²) in [4.78, 5) is 12.4. The lowest BCUT2D eigenvalue weighted by molar-refractivity contribution is 0.0532. The number of piperidine rings is 1. The van der Waals surface area contributed by atoms with Crippen LogP contribution in [0.25, 0.3) is 10.1 Å². The van der Waals surface area contributed by atoms with Gasteiger partial charge in [0.1, 0.15) is 16.7 Å². The fourth-order valence-electron chi connectivity index (χ4n) is 2.49. The van der Waals surface area contributed by atoms with E-state index in [1.807, 2.05) is 31.2 Å². The third kappa shape index (κ3) is 3.36. The number of nitrogens with one attached hydrogen (secondary N) is 1. The Morgan fingerprint density at radius 1 is 1.33 bits per heavy atom. The molecule has 1 N–H and O–H groups in total. The Bertz CT molecular complexity index is 631. The van der Waals surface area contributed by atoms with Gasteiger partial charge in [-0.3, -0.25) is 0 Å². The van der Waals surface area contributed by atoms with Crippen LogP contribution in [-0.2, 0) is 4.74 Å². The summed E-state index contributed by atoms with van der Waals surface area (Å²) in [6.45, 7) is 4.24. The average Bonchev–Trinajstić information content (AvgIpc) is 2.92. The van der Waals surface area contributed by atoms with Crippen LogP contribution >= 0.6 is 11.3 Å². The third-order valence-electron chi connectivity index (χ3n) is 3.56. The molecule has 1 aromatic heterocycles. The van der Waals surface area contributed by atoms with Crippen LogP contribution in [0.2, 0.25) is 0 Å². The fourth-order valence-corrected chi connectivity index (χ4v) is 3.48. The molecule has 1 saturated heterocycles. The van der Waals surface area contributed by atoms with Gasteiger partial charge in [0.05, 0.1) is 6.61 Å². The van der Waals surface area contributed by atoms with Crippen molar-refractivity contribution in [3.63, 3.8) is 0 Å². The van der Waals surface area contributed by atoms with Gasteiger partial charge in [0.25, 0.3) is 0 Å². The molecule has 2 heterocycles. The van der Waals surface area contributed by atoms with E-state index in [0.717, 1.165) is 41.8 Å². The first-order chi connectivity index (χ1) is 10.3. The number of thiophene rings is 1. The lowest BCUT2D eigenvalue weighted by Gasteiger charge is -2.23. The molecule has 21 heavy (non-hydrogen) atoms. The van der Waals surface area contributed by atoms with E-state index in [9.17, 15) is 4.79 Å². The summed E-state index contributed by atoms with van der Waals surface area (Å²) in [6, 6.07) is 7.88. The molecule has 112 valence electrons. The van der Waals surface area contributed by atoms with Gasteiger partial charge in [-0.1, -0.05) is 0 Å². The first-order valence-electron chi connectivity index (χ1n) is 7.34. The third-order valence-corrected chi connectivity index (χ3v) is 4.63. The summed E-state index contributed by atoms with van der Waals surface area (Å²) >= 11 is 1.45. The molecular formula is C16H19NO3S. The van der Waals surface area contributed by atoms with Crippen molar-refractivity contribution < 1.29 is 14.3 Å². The van der Waals surface area contributed by atoms with Crippen molar-refractivity contribution in [2.24, 2.45) is 0 Å². The Balaban J connectivity index is 1.77. The molecule has 5 heteroatoms. The molecule has 1 aliphatic heterocycles. The number of hydrogen-bond donors (Lipinski definition) is 1. The maximum atomic E-state index is 11.8. The number of hydrogen-bond acceptors (Lipinski definition) is 5. The van der Waals surface area contributed by atoms with Crippen LogP contribution in [0.1, 0.15) is 29.4 Å². The van der Waals surface area contributed by atoms with Gasteiger partial charge in [-0.05, 0) is 62.5 Å². The van der Waals surface area contributed by atoms with Crippen LogP contribution in [-0.4, -0.2) is 31.8 Å². The minimum atomic E-state index is -0.250. The molecule has 0 radical (unpaired) electrons. The Kier molecular flexibility index (Phi) is 4.41. The molecule has 1 fully saturated rings. The van der Waals surface area contributed by atoms with Gasteiger partial charge >= 0.3 is 5.97 Å². The molecule has 0 unspecified atom stereocenters. The smallest absolute Gasteiger partial charge is 0.348 e. The van der Waals surface area contributed by atoms with E-state index in [1.165, 1.54) is 11.3 Å². The maximum absolute atomic E-state index is 11.8. The summed E-state index contributed by atoms with van der Waals surface area (Å²) in [5, 5.41) is 4.38. The molecular weight excluding hydrogens is 286 g/mol. The van der Waals surface area contributed by atoms with Crippen molar-refractivity contribution in [3.05, 3.63) is 29.1 Å². The summed E-state index contributed by atoms with van der Waals surface area (Å²) < 4.78 is 12.1. The molecule has 1 aromatic carbocycles. The lowest BCUT2D eigenvalue weighted by atomic mass is 10.1. The molecule has 0 aliphatic carbocycles. The Labute approximate surface area is 128 Å². The number of ether oxygens (including phenoxy) is 2. The van der Waals surface area contributed by atoms with Crippen LogP contribution in [0.4, 0.5) is 0 Å². The zero-order valence-electron chi connectivity index (χ0n) is 12.1. The number of fused-ring (bicyclic) bond motifs is 1. The number of benzene rings is 1. The van der Waals surface area contributed by atoms with Gasteiger partial charge in [-0.25, -0.2) is 4.79 Å². The first kappa shape index (κ1) is 14.4. The van der Waals surface area contributed by atoms with E-state index in [1.54, 1.807) is 0 Å². The number of carbonyl (C=O) groups is 1. The van der Waals surface area contributed by atoms with E-state index in [2.05, 4.69) is 5.32 Å². The van der Waals surface area contributed by atoms with E-state index < -0.39 is 0 Å². The van der Waals surface area contributed by atoms with Gasteiger partial charge in [0.2, 0.25) is 0 Å². The predicted octanol–water partition coefficient (Wildman–Crippen LogP) is 3.21. The van der Waals surface area contributed by atoms with Crippen LogP contribution in [0, 0.1) is 0 Å². The van der Waals surface area contributed by atoms with Crippen molar-refractivity contribution >= 4 is 27.4 Å². The lowest BCUT2D eigenvalue weighted by Crippen LogP contribution is -2.34. The van der Waals surface area contributed by atoms with Gasteiger partial charge < -0.3 is 14.8 Å². The minimum absolute atomic E-state index is 0.250. The maximum Gasteiger partial charge on any atom is 0.348 e. The van der Waals surface area contributed by atoms with Crippen LogP contribution in [0.5, 0.6) is 5.75 Å². The molecule has 0 saturated carbocycles. The second-order valence-corrected chi connectivity index (χ2v) is 6.18. The highest BCUT2D eigenvalue weighted by Gasteiger charge is 2.16. The fraction of sp³-hybridized carbons (Fsp3) is 0.438.